The molecule has 0 heterocycles. The number of nitrogens with one attached hydrogen (secondary N) is 1. The molecule has 27 heavy (non-hydrogen) atoms. The number of non-ortho nitro benzene ring substituents is 1. The highest BCUT2D eigenvalue weighted by Gasteiger charge is 2.13. The highest BCUT2D eigenvalue weighted by atomic mass is 35.5. The number of amides is 1. The summed E-state index contributed by atoms with van der Waals surface area (Å²) in [4.78, 5) is 34.2. The average Bonchev–Trinajstić information content (AvgIpc) is 2.62. The van der Waals surface area contributed by atoms with Crippen LogP contribution < -0.4 is 5.32 Å². The van der Waals surface area contributed by atoms with Gasteiger partial charge in [-0.1, -0.05) is 34.8 Å². The third-order valence-corrected chi connectivity index (χ3v) is 5.06. The van der Waals surface area contributed by atoms with Crippen LogP contribution in [0.1, 0.15) is 0 Å². The average molecular weight is 450 g/mol. The minimum absolute atomic E-state index is 0.00460. The van der Waals surface area contributed by atoms with Gasteiger partial charge in [0.1, 0.15) is 0 Å². The molecule has 0 aliphatic heterocycles. The molecule has 2 rings (SSSR count). The van der Waals surface area contributed by atoms with E-state index < -0.39 is 23.4 Å². The van der Waals surface area contributed by atoms with Gasteiger partial charge in [-0.2, -0.15) is 0 Å². The van der Waals surface area contributed by atoms with Crippen LogP contribution in [0, 0.1) is 10.1 Å². The molecule has 0 bridgehead atoms. The van der Waals surface area contributed by atoms with Gasteiger partial charge in [-0.25, -0.2) is 0 Å². The molecule has 1 amide bonds. The van der Waals surface area contributed by atoms with Crippen LogP contribution in [0.3, 0.4) is 0 Å². The lowest BCUT2D eigenvalue weighted by atomic mass is 10.3. The van der Waals surface area contributed by atoms with Gasteiger partial charge in [0.25, 0.3) is 11.6 Å². The second-order valence-electron chi connectivity index (χ2n) is 4.99. The Kier molecular flexibility index (Phi) is 7.73. The van der Waals surface area contributed by atoms with Crippen molar-refractivity contribution in [1.82, 2.24) is 0 Å². The fourth-order valence-corrected chi connectivity index (χ4v) is 3.33. The summed E-state index contributed by atoms with van der Waals surface area (Å²) in [5.74, 6) is -1.32. The Labute approximate surface area is 173 Å². The van der Waals surface area contributed by atoms with Crippen molar-refractivity contribution in [2.24, 2.45) is 0 Å². The second kappa shape index (κ2) is 9.80. The van der Waals surface area contributed by atoms with E-state index in [2.05, 4.69) is 5.32 Å². The molecule has 0 saturated carbocycles. The van der Waals surface area contributed by atoms with Crippen LogP contribution in [-0.2, 0) is 14.3 Å². The van der Waals surface area contributed by atoms with Gasteiger partial charge in [-0.05, 0) is 24.3 Å². The van der Waals surface area contributed by atoms with E-state index in [1.54, 1.807) is 18.2 Å². The molecule has 142 valence electrons. The van der Waals surface area contributed by atoms with Crippen LogP contribution in [-0.4, -0.2) is 29.2 Å². The number of nitrogens with zero attached hydrogens (tertiary/aromatic N) is 1. The van der Waals surface area contributed by atoms with E-state index in [1.165, 1.54) is 12.1 Å². The molecule has 0 spiro atoms. The number of hydrogen-bond acceptors (Lipinski definition) is 6. The molecular weight excluding hydrogens is 439 g/mol. The van der Waals surface area contributed by atoms with Crippen molar-refractivity contribution in [2.45, 2.75) is 4.90 Å². The predicted octanol–water partition coefficient (Wildman–Crippen LogP) is 4.83. The third-order valence-electron chi connectivity index (χ3n) is 3.04. The monoisotopic (exact) mass is 448 g/mol. The first-order chi connectivity index (χ1) is 12.8. The smallest absolute Gasteiger partial charge is 0.316 e. The highest BCUT2D eigenvalue weighted by Crippen LogP contribution is 2.30. The first-order valence-electron chi connectivity index (χ1n) is 7.23. The molecule has 1 N–H and O–H groups in total. The molecule has 0 saturated heterocycles. The first kappa shape index (κ1) is 21.3. The number of carbonyl (C=O) groups is 2. The maximum atomic E-state index is 11.8. The summed E-state index contributed by atoms with van der Waals surface area (Å²) in [5.41, 5.74) is -0.0375. The van der Waals surface area contributed by atoms with Crippen molar-refractivity contribution in [3.63, 3.8) is 0 Å². The number of halogens is 3. The number of hydrogen-bond donors (Lipinski definition) is 1. The lowest BCUT2D eigenvalue weighted by Crippen LogP contribution is -2.21. The minimum atomic E-state index is -0.634. The Morgan fingerprint density at radius 2 is 1.85 bits per heavy atom. The van der Waals surface area contributed by atoms with Gasteiger partial charge in [-0.3, -0.25) is 19.7 Å². The maximum absolute atomic E-state index is 11.8. The highest BCUT2D eigenvalue weighted by molar-refractivity contribution is 8.00. The zero-order valence-electron chi connectivity index (χ0n) is 13.4. The number of rotatable bonds is 7. The first-order valence-corrected chi connectivity index (χ1v) is 9.35. The van der Waals surface area contributed by atoms with Crippen molar-refractivity contribution < 1.29 is 19.2 Å². The van der Waals surface area contributed by atoms with Crippen LogP contribution in [0.15, 0.2) is 41.3 Å². The van der Waals surface area contributed by atoms with Gasteiger partial charge in [0, 0.05) is 22.1 Å². The summed E-state index contributed by atoms with van der Waals surface area (Å²) in [7, 11) is 0. The number of nitro benzene ring substituents is 1. The Hall–Kier alpha value is -2.00. The van der Waals surface area contributed by atoms with E-state index in [4.69, 9.17) is 39.5 Å². The van der Waals surface area contributed by atoms with Gasteiger partial charge in [0.2, 0.25) is 0 Å². The summed E-state index contributed by atoms with van der Waals surface area (Å²) in [6.45, 7) is -0.532. The standard InChI is InChI=1S/C16H11Cl3N2O5S/c17-9-1-3-11(18)14(5-9)27-8-16(23)26-7-15(22)20-13-4-2-10(21(24)25)6-12(13)19/h1-6H,7-8H2,(H,20,22). The fraction of sp³-hybridized carbons (Fsp3) is 0.125. The van der Waals surface area contributed by atoms with Crippen LogP contribution >= 0.6 is 46.6 Å². The van der Waals surface area contributed by atoms with Crippen LogP contribution in [0.25, 0.3) is 0 Å². The number of anilines is 1. The lowest BCUT2D eigenvalue weighted by molar-refractivity contribution is -0.384. The Bertz CT molecular complexity index is 894. The Morgan fingerprint density at radius 3 is 2.52 bits per heavy atom. The van der Waals surface area contributed by atoms with Crippen LogP contribution in [0.5, 0.6) is 0 Å². The zero-order chi connectivity index (χ0) is 20.0. The topological polar surface area (TPSA) is 98.5 Å². The molecule has 0 aromatic heterocycles. The summed E-state index contributed by atoms with van der Waals surface area (Å²) in [5, 5.41) is 14.0. The van der Waals surface area contributed by atoms with Crippen LogP contribution in [0.4, 0.5) is 11.4 Å². The largest absolute Gasteiger partial charge is 0.455 e. The number of ether oxygens (including phenoxy) is 1. The van der Waals surface area contributed by atoms with E-state index in [1.807, 2.05) is 0 Å². The van der Waals surface area contributed by atoms with Gasteiger partial charge >= 0.3 is 5.97 Å². The molecule has 2 aromatic carbocycles. The van der Waals surface area contributed by atoms with Crippen molar-refractivity contribution >= 4 is 69.8 Å². The van der Waals surface area contributed by atoms with Crippen molar-refractivity contribution in [3.05, 3.63) is 61.6 Å². The molecule has 11 heteroatoms. The molecule has 0 unspecified atom stereocenters. The molecule has 0 aliphatic rings. The fourth-order valence-electron chi connectivity index (χ4n) is 1.82. The Balaban J connectivity index is 1.82. The Morgan fingerprint density at radius 1 is 1.11 bits per heavy atom. The lowest BCUT2D eigenvalue weighted by Gasteiger charge is -2.08. The predicted molar refractivity (Wildman–Crippen MR) is 105 cm³/mol. The van der Waals surface area contributed by atoms with Gasteiger partial charge < -0.3 is 10.1 Å². The number of esters is 1. The molecule has 7 nitrogen and oxygen atoms in total. The molecule has 2 aromatic rings. The van der Waals surface area contributed by atoms with E-state index in [0.717, 1.165) is 17.8 Å². The maximum Gasteiger partial charge on any atom is 0.316 e. The normalized spacial score (nSPS) is 10.3. The zero-order valence-corrected chi connectivity index (χ0v) is 16.5. The molecule has 0 radical (unpaired) electrons. The summed E-state index contributed by atoms with van der Waals surface area (Å²) in [6.07, 6.45) is 0. The number of nitro groups is 1. The van der Waals surface area contributed by atoms with Crippen LogP contribution in [0.2, 0.25) is 15.1 Å². The number of thioether (sulfide) groups is 1. The van der Waals surface area contributed by atoms with Gasteiger partial charge in [0.15, 0.2) is 6.61 Å². The number of carbonyl (C=O) groups excluding carboxylic acids is 2. The van der Waals surface area contributed by atoms with Gasteiger partial charge in [0.05, 0.1) is 26.4 Å². The minimum Gasteiger partial charge on any atom is -0.455 e. The van der Waals surface area contributed by atoms with E-state index >= 15 is 0 Å². The molecular formula is C16H11Cl3N2O5S. The summed E-state index contributed by atoms with van der Waals surface area (Å²) in [6, 6.07) is 8.44. The van der Waals surface area contributed by atoms with E-state index in [-0.39, 0.29) is 22.2 Å². The summed E-state index contributed by atoms with van der Waals surface area (Å²) < 4.78 is 4.87. The quantitative estimate of drug-likeness (QED) is 0.281. The third kappa shape index (κ3) is 6.59. The SMILES string of the molecule is O=C(COC(=O)CSc1cc(Cl)ccc1Cl)Nc1ccc([N+](=O)[O-])cc1Cl. The van der Waals surface area contributed by atoms with E-state index in [9.17, 15) is 19.7 Å². The molecule has 0 atom stereocenters. The van der Waals surface area contributed by atoms with Crippen molar-refractivity contribution in [2.75, 3.05) is 17.7 Å². The molecule has 0 aliphatic carbocycles. The van der Waals surface area contributed by atoms with E-state index in [0.29, 0.717) is 14.9 Å². The van der Waals surface area contributed by atoms with Crippen molar-refractivity contribution in [1.29, 1.82) is 0 Å². The second-order valence-corrected chi connectivity index (χ2v) is 7.26. The molecule has 0 fully saturated rings. The summed E-state index contributed by atoms with van der Waals surface area (Å²) >= 11 is 18.9. The number of benzene rings is 2. The van der Waals surface area contributed by atoms with Crippen molar-refractivity contribution in [3.8, 4) is 0 Å². The van der Waals surface area contributed by atoms with Gasteiger partial charge in [-0.15, -0.1) is 11.8 Å².